The van der Waals surface area contributed by atoms with Gasteiger partial charge in [-0.05, 0) is 48.5 Å². The molecule has 0 atom stereocenters. The molecule has 2 rings (SSSR count). The first-order valence-electron chi connectivity index (χ1n) is 6.88. The SMILES string of the molecule is C=CCSc1nnnn1-c1ccc(OC(=O)C(C)(C)CCl)cc1. The Morgan fingerprint density at radius 1 is 1.43 bits per heavy atom. The van der Waals surface area contributed by atoms with Crippen molar-refractivity contribution < 1.29 is 9.53 Å². The highest BCUT2D eigenvalue weighted by Gasteiger charge is 2.28. The Morgan fingerprint density at radius 3 is 2.74 bits per heavy atom. The molecule has 0 saturated heterocycles. The number of alkyl halides is 1. The molecule has 0 aliphatic heterocycles. The van der Waals surface area contributed by atoms with Gasteiger partial charge in [-0.25, -0.2) is 0 Å². The molecule has 0 N–H and O–H groups in total. The lowest BCUT2D eigenvalue weighted by Gasteiger charge is -2.19. The van der Waals surface area contributed by atoms with Gasteiger partial charge in [-0.2, -0.15) is 4.68 Å². The molecule has 1 heterocycles. The Balaban J connectivity index is 2.12. The van der Waals surface area contributed by atoms with Crippen molar-refractivity contribution in [3.05, 3.63) is 36.9 Å². The van der Waals surface area contributed by atoms with Crippen LogP contribution in [-0.4, -0.2) is 37.8 Å². The average Bonchev–Trinajstić information content (AvgIpc) is 3.02. The number of tetrazole rings is 1. The first-order valence-corrected chi connectivity index (χ1v) is 8.40. The van der Waals surface area contributed by atoms with Gasteiger partial charge in [0.05, 0.1) is 11.1 Å². The number of hydrogen-bond donors (Lipinski definition) is 0. The van der Waals surface area contributed by atoms with E-state index >= 15 is 0 Å². The number of nitrogens with zero attached hydrogens (tertiary/aromatic N) is 4. The molecule has 0 saturated carbocycles. The third kappa shape index (κ3) is 4.33. The number of hydrogen-bond acceptors (Lipinski definition) is 6. The Morgan fingerprint density at radius 2 is 2.13 bits per heavy atom. The zero-order valence-corrected chi connectivity index (χ0v) is 14.5. The van der Waals surface area contributed by atoms with Gasteiger partial charge in [0.15, 0.2) is 0 Å². The quantitative estimate of drug-likeness (QED) is 0.251. The van der Waals surface area contributed by atoms with Crippen molar-refractivity contribution in [2.75, 3.05) is 11.6 Å². The fourth-order valence-corrected chi connectivity index (χ4v) is 2.25. The smallest absolute Gasteiger partial charge is 0.318 e. The molecule has 0 amide bonds. The van der Waals surface area contributed by atoms with E-state index < -0.39 is 5.41 Å². The molecule has 0 spiro atoms. The third-order valence-electron chi connectivity index (χ3n) is 2.95. The van der Waals surface area contributed by atoms with E-state index in [2.05, 4.69) is 22.1 Å². The minimum atomic E-state index is -0.732. The highest BCUT2D eigenvalue weighted by atomic mass is 35.5. The van der Waals surface area contributed by atoms with E-state index in [0.29, 0.717) is 16.7 Å². The van der Waals surface area contributed by atoms with Crippen LogP contribution in [0.1, 0.15) is 13.8 Å². The summed E-state index contributed by atoms with van der Waals surface area (Å²) in [4.78, 5) is 12.0. The summed E-state index contributed by atoms with van der Waals surface area (Å²) < 4.78 is 6.95. The fraction of sp³-hybridized carbons (Fsp3) is 0.333. The molecule has 1 aromatic carbocycles. The van der Waals surface area contributed by atoms with Gasteiger partial charge in [0.1, 0.15) is 5.75 Å². The predicted octanol–water partition coefficient (Wildman–Crippen LogP) is 3.11. The third-order valence-corrected chi connectivity index (χ3v) is 4.53. The Labute approximate surface area is 143 Å². The van der Waals surface area contributed by atoms with E-state index in [1.807, 2.05) is 0 Å². The number of esters is 1. The van der Waals surface area contributed by atoms with Gasteiger partial charge in [-0.1, -0.05) is 17.8 Å². The molecule has 2 aromatic rings. The minimum absolute atomic E-state index is 0.193. The normalized spacial score (nSPS) is 11.3. The highest BCUT2D eigenvalue weighted by molar-refractivity contribution is 7.99. The van der Waals surface area contributed by atoms with E-state index in [4.69, 9.17) is 16.3 Å². The molecular weight excluding hydrogens is 336 g/mol. The summed E-state index contributed by atoms with van der Waals surface area (Å²) in [6, 6.07) is 6.96. The van der Waals surface area contributed by atoms with E-state index in [-0.39, 0.29) is 11.8 Å². The summed E-state index contributed by atoms with van der Waals surface area (Å²) in [7, 11) is 0. The van der Waals surface area contributed by atoms with Crippen LogP contribution in [0.4, 0.5) is 0 Å². The van der Waals surface area contributed by atoms with Crippen LogP contribution < -0.4 is 4.74 Å². The molecular formula is C15H17ClN4O2S. The zero-order chi connectivity index (χ0) is 16.9. The van der Waals surface area contributed by atoms with Crippen LogP contribution in [0.5, 0.6) is 5.75 Å². The van der Waals surface area contributed by atoms with Crippen LogP contribution in [-0.2, 0) is 4.79 Å². The first-order chi connectivity index (χ1) is 11.0. The second-order valence-corrected chi connectivity index (χ2v) is 6.63. The second kappa shape index (κ2) is 7.61. The van der Waals surface area contributed by atoms with E-state index in [1.54, 1.807) is 48.9 Å². The molecule has 0 unspecified atom stereocenters. The number of rotatable bonds is 7. The molecule has 0 fully saturated rings. The van der Waals surface area contributed by atoms with Gasteiger partial charge < -0.3 is 4.74 Å². The van der Waals surface area contributed by atoms with Crippen LogP contribution in [0.3, 0.4) is 0 Å². The van der Waals surface area contributed by atoms with E-state index in [9.17, 15) is 4.79 Å². The van der Waals surface area contributed by atoms with Crippen molar-refractivity contribution in [1.82, 2.24) is 20.2 Å². The van der Waals surface area contributed by atoms with Crippen LogP contribution in [0, 0.1) is 5.41 Å². The summed E-state index contributed by atoms with van der Waals surface area (Å²) >= 11 is 7.25. The summed E-state index contributed by atoms with van der Waals surface area (Å²) in [5.41, 5.74) is 0.0443. The standard InChI is InChI=1S/C15H17ClN4O2S/c1-4-9-23-14-17-18-19-20(14)11-5-7-12(8-6-11)22-13(21)15(2,3)10-16/h4-8H,1,9-10H2,2-3H3. The molecule has 122 valence electrons. The monoisotopic (exact) mass is 352 g/mol. The average molecular weight is 353 g/mol. The lowest BCUT2D eigenvalue weighted by Crippen LogP contribution is -2.30. The van der Waals surface area contributed by atoms with Crippen LogP contribution in [0.15, 0.2) is 42.1 Å². The maximum absolute atomic E-state index is 12.0. The lowest BCUT2D eigenvalue weighted by atomic mass is 9.97. The molecule has 0 radical (unpaired) electrons. The largest absolute Gasteiger partial charge is 0.426 e. The fourth-order valence-electron chi connectivity index (χ4n) is 1.52. The first kappa shape index (κ1) is 17.5. The van der Waals surface area contributed by atoms with Gasteiger partial charge >= 0.3 is 5.97 Å². The number of aromatic nitrogens is 4. The lowest BCUT2D eigenvalue weighted by molar-refractivity contribution is -0.142. The summed E-state index contributed by atoms with van der Waals surface area (Å²) in [6.07, 6.45) is 1.78. The van der Waals surface area contributed by atoms with E-state index in [0.717, 1.165) is 5.69 Å². The predicted molar refractivity (Wildman–Crippen MR) is 90.2 cm³/mol. The molecule has 8 heteroatoms. The van der Waals surface area contributed by atoms with Crippen molar-refractivity contribution in [2.45, 2.75) is 19.0 Å². The summed E-state index contributed by atoms with van der Waals surface area (Å²) in [5, 5.41) is 12.3. The van der Waals surface area contributed by atoms with Crippen LogP contribution in [0.25, 0.3) is 5.69 Å². The number of carbonyl (C=O) groups is 1. The van der Waals surface area contributed by atoms with Gasteiger partial charge in [0.2, 0.25) is 5.16 Å². The van der Waals surface area contributed by atoms with Crippen LogP contribution >= 0.6 is 23.4 Å². The molecule has 1 aromatic heterocycles. The maximum Gasteiger partial charge on any atom is 0.318 e. The van der Waals surface area contributed by atoms with Crippen molar-refractivity contribution in [2.24, 2.45) is 5.41 Å². The highest BCUT2D eigenvalue weighted by Crippen LogP contribution is 2.24. The molecule has 0 aliphatic carbocycles. The number of halogens is 1. The molecule has 23 heavy (non-hydrogen) atoms. The Kier molecular flexibility index (Phi) is 5.79. The Hall–Kier alpha value is -1.86. The zero-order valence-electron chi connectivity index (χ0n) is 12.9. The van der Waals surface area contributed by atoms with Crippen LogP contribution in [0.2, 0.25) is 0 Å². The van der Waals surface area contributed by atoms with Crippen molar-refractivity contribution in [3.8, 4) is 11.4 Å². The van der Waals surface area contributed by atoms with E-state index in [1.165, 1.54) is 11.8 Å². The number of ether oxygens (including phenoxy) is 1. The molecule has 6 nitrogen and oxygen atoms in total. The van der Waals surface area contributed by atoms with Gasteiger partial charge in [-0.15, -0.1) is 23.3 Å². The maximum atomic E-state index is 12.0. The number of carbonyl (C=O) groups excluding carboxylic acids is 1. The topological polar surface area (TPSA) is 69.9 Å². The molecule has 0 bridgehead atoms. The van der Waals surface area contributed by atoms with Gasteiger partial charge in [-0.3, -0.25) is 4.79 Å². The summed E-state index contributed by atoms with van der Waals surface area (Å²) in [5.74, 6) is 0.984. The summed E-state index contributed by atoms with van der Waals surface area (Å²) in [6.45, 7) is 7.15. The second-order valence-electron chi connectivity index (χ2n) is 5.37. The van der Waals surface area contributed by atoms with Gasteiger partial charge in [0, 0.05) is 11.6 Å². The Bertz CT molecular complexity index is 685. The number of benzene rings is 1. The van der Waals surface area contributed by atoms with Crippen molar-refractivity contribution >= 4 is 29.3 Å². The van der Waals surface area contributed by atoms with Crippen molar-refractivity contribution in [3.63, 3.8) is 0 Å². The van der Waals surface area contributed by atoms with Crippen molar-refractivity contribution in [1.29, 1.82) is 0 Å². The minimum Gasteiger partial charge on any atom is -0.426 e. The van der Waals surface area contributed by atoms with Gasteiger partial charge in [0.25, 0.3) is 0 Å². The number of thioether (sulfide) groups is 1. The molecule has 0 aliphatic rings.